The Balaban J connectivity index is 0.980. The van der Waals surface area contributed by atoms with Crippen LogP contribution in [0.5, 0.6) is 0 Å². The molecular formula is C67H51N. The van der Waals surface area contributed by atoms with Crippen molar-refractivity contribution in [2.45, 2.75) is 26.2 Å². The van der Waals surface area contributed by atoms with Crippen molar-refractivity contribution in [1.29, 1.82) is 0 Å². The lowest BCUT2D eigenvalue weighted by Crippen LogP contribution is -2.28. The molecule has 0 spiro atoms. The van der Waals surface area contributed by atoms with E-state index < -0.39 is 5.41 Å². The molecule has 11 rings (SSSR count). The van der Waals surface area contributed by atoms with Gasteiger partial charge in [-0.25, -0.2) is 0 Å². The number of hydrogen-bond donors (Lipinski definition) is 0. The first-order valence-electron chi connectivity index (χ1n) is 23.6. The first-order chi connectivity index (χ1) is 33.5. The van der Waals surface area contributed by atoms with Crippen LogP contribution in [-0.2, 0) is 5.41 Å². The molecule has 0 amide bonds. The second kappa shape index (κ2) is 18.1. The quantitative estimate of drug-likeness (QED) is 0.0959. The third-order valence-electron chi connectivity index (χ3n) is 14.0. The maximum atomic E-state index is 5.54. The van der Waals surface area contributed by atoms with Crippen molar-refractivity contribution in [3.63, 3.8) is 0 Å². The fraction of sp³-hybridized carbons (Fsp3) is 0.0597. The molecule has 0 N–H and O–H groups in total. The fourth-order valence-corrected chi connectivity index (χ4v) is 10.6. The van der Waals surface area contributed by atoms with Gasteiger partial charge in [-0.15, -0.1) is 0 Å². The van der Waals surface area contributed by atoms with Crippen LogP contribution in [0.2, 0.25) is 0 Å². The van der Waals surface area contributed by atoms with Crippen LogP contribution < -0.4 is 0 Å². The van der Waals surface area contributed by atoms with Crippen LogP contribution >= 0.6 is 0 Å². The molecule has 1 atom stereocenters. The Kier molecular flexibility index (Phi) is 11.3. The monoisotopic (exact) mass is 869 g/mol. The number of allylic oxidation sites excluding steroid dienone is 3. The Hall–Kier alpha value is -8.39. The lowest BCUT2D eigenvalue weighted by atomic mass is 9.67. The molecule has 1 aliphatic carbocycles. The van der Waals surface area contributed by atoms with Gasteiger partial charge in [0, 0.05) is 11.3 Å². The van der Waals surface area contributed by atoms with Gasteiger partial charge in [-0.2, -0.15) is 0 Å². The van der Waals surface area contributed by atoms with Crippen LogP contribution in [0, 0.1) is 0 Å². The van der Waals surface area contributed by atoms with Gasteiger partial charge in [0.25, 0.3) is 0 Å². The van der Waals surface area contributed by atoms with Crippen LogP contribution in [-0.4, -0.2) is 5.71 Å². The largest absolute Gasteiger partial charge is 0.252 e. The summed E-state index contributed by atoms with van der Waals surface area (Å²) >= 11 is 0. The summed E-state index contributed by atoms with van der Waals surface area (Å²) in [5, 5.41) is 2.55. The summed E-state index contributed by atoms with van der Waals surface area (Å²) in [5.74, 6) is 0. The normalized spacial score (nSPS) is 14.9. The van der Waals surface area contributed by atoms with E-state index in [1.165, 1.54) is 66.4 Å². The van der Waals surface area contributed by atoms with Gasteiger partial charge in [0.05, 0.1) is 11.1 Å². The first kappa shape index (κ1) is 42.3. The van der Waals surface area contributed by atoms with E-state index in [-0.39, 0.29) is 0 Å². The van der Waals surface area contributed by atoms with Gasteiger partial charge in [0.2, 0.25) is 0 Å². The molecule has 10 aromatic rings. The van der Waals surface area contributed by atoms with Crippen LogP contribution in [0.25, 0.3) is 66.6 Å². The van der Waals surface area contributed by atoms with Crippen molar-refractivity contribution >= 4 is 27.8 Å². The maximum Gasteiger partial charge on any atom is 0.0740 e. The predicted octanol–water partition coefficient (Wildman–Crippen LogP) is 17.5. The minimum atomic E-state index is -0.476. The van der Waals surface area contributed by atoms with Gasteiger partial charge < -0.3 is 0 Å². The number of benzene rings is 10. The smallest absolute Gasteiger partial charge is 0.0740 e. The zero-order chi connectivity index (χ0) is 46.0. The highest BCUT2D eigenvalue weighted by atomic mass is 14.8. The SMILES string of the molecule is C/C=C(\C(C)=C(/N=C(C)c1cccc(-c2ccc(C3(c4ccccc4)c4ccccc4-c4c3ccc3ccccc43)cc2)c1)c1ccc(-c2ccccc2)cc1)c1ccc(-c2ccccc2)cc1. The highest BCUT2D eigenvalue weighted by molar-refractivity contribution is 6.05. The molecular weight excluding hydrogens is 819 g/mol. The number of hydrogen-bond acceptors (Lipinski definition) is 1. The van der Waals surface area contributed by atoms with Crippen molar-refractivity contribution in [1.82, 2.24) is 0 Å². The topological polar surface area (TPSA) is 12.4 Å². The average molecular weight is 870 g/mol. The molecule has 0 aliphatic heterocycles. The van der Waals surface area contributed by atoms with Crippen LogP contribution in [0.3, 0.4) is 0 Å². The van der Waals surface area contributed by atoms with E-state index >= 15 is 0 Å². The van der Waals surface area contributed by atoms with Gasteiger partial charge in [-0.1, -0.05) is 249 Å². The average Bonchev–Trinajstić information content (AvgIpc) is 3.73. The molecule has 324 valence electrons. The zero-order valence-electron chi connectivity index (χ0n) is 38.7. The summed E-state index contributed by atoms with van der Waals surface area (Å²) in [6, 6.07) is 90.6. The molecule has 0 radical (unpaired) electrons. The van der Waals surface area contributed by atoms with Gasteiger partial charge in [-0.3, -0.25) is 4.99 Å². The molecule has 0 heterocycles. The molecule has 1 heteroatoms. The Morgan fingerprint density at radius 2 is 0.912 bits per heavy atom. The summed E-state index contributed by atoms with van der Waals surface area (Å²) in [7, 11) is 0. The van der Waals surface area contributed by atoms with Crippen molar-refractivity contribution in [3.05, 3.63) is 299 Å². The number of nitrogens with zero attached hydrogens (tertiary/aromatic N) is 1. The lowest BCUT2D eigenvalue weighted by molar-refractivity contribution is 0.769. The second-order valence-corrected chi connectivity index (χ2v) is 17.8. The van der Waals surface area contributed by atoms with Gasteiger partial charge in [0.1, 0.15) is 0 Å². The first-order valence-corrected chi connectivity index (χ1v) is 23.6. The summed E-state index contributed by atoms with van der Waals surface area (Å²) in [6.45, 7) is 6.47. The number of aliphatic imine (C=N–C) groups is 1. The summed E-state index contributed by atoms with van der Waals surface area (Å²) < 4.78 is 0. The molecule has 68 heavy (non-hydrogen) atoms. The second-order valence-electron chi connectivity index (χ2n) is 17.8. The predicted molar refractivity (Wildman–Crippen MR) is 289 cm³/mol. The number of fused-ring (bicyclic) bond motifs is 5. The molecule has 0 saturated carbocycles. The van der Waals surface area contributed by atoms with E-state index in [2.05, 4.69) is 276 Å². The van der Waals surface area contributed by atoms with Gasteiger partial charge >= 0.3 is 0 Å². The van der Waals surface area contributed by atoms with Crippen LogP contribution in [0.4, 0.5) is 0 Å². The molecule has 10 aromatic carbocycles. The van der Waals surface area contributed by atoms with E-state index in [0.29, 0.717) is 0 Å². The van der Waals surface area contributed by atoms with Crippen molar-refractivity contribution in [2.75, 3.05) is 0 Å². The third kappa shape index (κ3) is 7.53. The van der Waals surface area contributed by atoms with Gasteiger partial charge in [-0.05, 0) is 127 Å². The molecule has 1 unspecified atom stereocenters. The van der Waals surface area contributed by atoms with E-state index in [4.69, 9.17) is 4.99 Å². The molecule has 1 nitrogen and oxygen atoms in total. The maximum absolute atomic E-state index is 5.54. The summed E-state index contributed by atoms with van der Waals surface area (Å²) in [4.78, 5) is 5.54. The summed E-state index contributed by atoms with van der Waals surface area (Å²) in [5.41, 5.74) is 21.9. The standard InChI is InChI=1S/C67H51N/c1-4-60(54-35-31-50(32-36-54)48-19-8-5-9-20-48)46(2)66(55-37-33-51(34-38-55)49-21-10-6-11-22-49)68-47(3)56-24-18-25-57(45-56)52-39-42-59(43-40-52)67(58-26-12-7-13-27-58)63-30-17-16-29-62(63)65-61-28-15-14-23-53(61)41-44-64(65)67/h4-45H,1-3H3/b60-4+,66-46-,68-47?. The van der Waals surface area contributed by atoms with Crippen LogP contribution in [0.15, 0.2) is 265 Å². The molecule has 0 aromatic heterocycles. The zero-order valence-corrected chi connectivity index (χ0v) is 38.7. The number of rotatable bonds is 10. The minimum Gasteiger partial charge on any atom is -0.252 e. The van der Waals surface area contributed by atoms with E-state index in [1.54, 1.807) is 0 Å². The van der Waals surface area contributed by atoms with Crippen molar-refractivity contribution in [2.24, 2.45) is 4.99 Å². The van der Waals surface area contributed by atoms with E-state index in [1.807, 2.05) is 0 Å². The highest BCUT2D eigenvalue weighted by Crippen LogP contribution is 2.57. The third-order valence-corrected chi connectivity index (χ3v) is 14.0. The van der Waals surface area contributed by atoms with E-state index in [9.17, 15) is 0 Å². The molecule has 0 bridgehead atoms. The van der Waals surface area contributed by atoms with Gasteiger partial charge in [0.15, 0.2) is 0 Å². The van der Waals surface area contributed by atoms with E-state index in [0.717, 1.165) is 50.4 Å². The van der Waals surface area contributed by atoms with Crippen molar-refractivity contribution < 1.29 is 0 Å². The Morgan fingerprint density at radius 3 is 1.57 bits per heavy atom. The Labute approximate surface area is 400 Å². The molecule has 0 saturated heterocycles. The van der Waals surface area contributed by atoms with Crippen molar-refractivity contribution in [3.8, 4) is 44.5 Å². The highest BCUT2D eigenvalue weighted by Gasteiger charge is 2.46. The summed E-state index contributed by atoms with van der Waals surface area (Å²) in [6.07, 6.45) is 2.22. The minimum absolute atomic E-state index is 0.476. The molecule has 0 fully saturated rings. The Morgan fingerprint density at radius 1 is 0.397 bits per heavy atom. The Bertz CT molecular complexity index is 3520. The lowest BCUT2D eigenvalue weighted by Gasteiger charge is -2.34. The molecule has 1 aliphatic rings. The fourth-order valence-electron chi connectivity index (χ4n) is 10.6. The van der Waals surface area contributed by atoms with Crippen LogP contribution in [0.1, 0.15) is 59.7 Å².